The van der Waals surface area contributed by atoms with Crippen molar-refractivity contribution in [1.82, 2.24) is 4.90 Å². The summed E-state index contributed by atoms with van der Waals surface area (Å²) in [6.45, 7) is 4.69. The fourth-order valence-electron chi connectivity index (χ4n) is 3.92. The second kappa shape index (κ2) is 4.21. The summed E-state index contributed by atoms with van der Waals surface area (Å²) in [6.07, 6.45) is 1.20. The van der Waals surface area contributed by atoms with Crippen molar-refractivity contribution in [3.05, 3.63) is 70.8 Å². The molecule has 2 aromatic rings. The molecular formula is C18H19N. The van der Waals surface area contributed by atoms with E-state index in [9.17, 15) is 0 Å². The molecule has 2 heterocycles. The van der Waals surface area contributed by atoms with Gasteiger partial charge < -0.3 is 0 Å². The van der Waals surface area contributed by atoms with Crippen molar-refractivity contribution in [2.24, 2.45) is 0 Å². The Morgan fingerprint density at radius 2 is 1.58 bits per heavy atom. The van der Waals surface area contributed by atoms with E-state index < -0.39 is 0 Å². The van der Waals surface area contributed by atoms with Gasteiger partial charge in [0.05, 0.1) is 0 Å². The first-order chi connectivity index (χ1) is 9.34. The smallest absolute Gasteiger partial charge is 0.0420 e. The maximum Gasteiger partial charge on any atom is 0.0420 e. The third kappa shape index (κ3) is 1.65. The molecule has 0 radical (unpaired) electrons. The lowest BCUT2D eigenvalue weighted by atomic mass is 9.77. The Morgan fingerprint density at radius 1 is 0.895 bits per heavy atom. The Morgan fingerprint density at radius 3 is 2.42 bits per heavy atom. The Bertz CT molecular complexity index is 617. The Kier molecular flexibility index (Phi) is 2.49. The van der Waals surface area contributed by atoms with Crippen molar-refractivity contribution in [2.75, 3.05) is 6.54 Å². The van der Waals surface area contributed by atoms with E-state index in [1.165, 1.54) is 18.5 Å². The van der Waals surface area contributed by atoms with Crippen LogP contribution in [0.15, 0.2) is 48.5 Å². The Labute approximate surface area is 114 Å². The molecule has 2 aliphatic rings. The number of nitrogens with zero attached hydrogens (tertiary/aromatic N) is 1. The molecule has 0 unspecified atom stereocenters. The zero-order valence-corrected chi connectivity index (χ0v) is 11.3. The zero-order chi connectivity index (χ0) is 12.8. The molecule has 1 nitrogen and oxygen atoms in total. The minimum atomic E-state index is 0.569. The topological polar surface area (TPSA) is 3.24 Å². The summed E-state index contributed by atoms with van der Waals surface area (Å²) in [4.78, 5) is 2.66. The predicted molar refractivity (Wildman–Crippen MR) is 78.2 cm³/mol. The van der Waals surface area contributed by atoms with Crippen LogP contribution in [0.25, 0.3) is 0 Å². The average molecular weight is 249 g/mol. The molecule has 2 atom stereocenters. The Hall–Kier alpha value is -1.60. The molecule has 2 aromatic carbocycles. The number of rotatable bonds is 0. The van der Waals surface area contributed by atoms with Crippen molar-refractivity contribution in [2.45, 2.75) is 31.8 Å². The van der Waals surface area contributed by atoms with Gasteiger partial charge in [-0.2, -0.15) is 0 Å². The fraction of sp³-hybridized carbons (Fsp3) is 0.333. The van der Waals surface area contributed by atoms with Crippen molar-refractivity contribution in [3.8, 4) is 0 Å². The number of benzene rings is 2. The molecule has 0 saturated heterocycles. The molecular weight excluding hydrogens is 230 g/mol. The maximum atomic E-state index is 2.66. The van der Waals surface area contributed by atoms with Crippen molar-refractivity contribution >= 4 is 0 Å². The molecule has 0 bridgehead atoms. The highest BCUT2D eigenvalue weighted by molar-refractivity contribution is 5.41. The van der Waals surface area contributed by atoms with Crippen LogP contribution >= 0.6 is 0 Å². The van der Waals surface area contributed by atoms with Gasteiger partial charge in [-0.05, 0) is 28.7 Å². The van der Waals surface area contributed by atoms with E-state index >= 15 is 0 Å². The van der Waals surface area contributed by atoms with Gasteiger partial charge in [0.1, 0.15) is 0 Å². The zero-order valence-electron chi connectivity index (χ0n) is 11.3. The minimum absolute atomic E-state index is 0.569. The maximum absolute atomic E-state index is 2.66. The molecule has 0 saturated carbocycles. The fourth-order valence-corrected chi connectivity index (χ4v) is 3.92. The normalized spacial score (nSPS) is 25.3. The van der Waals surface area contributed by atoms with E-state index in [1.54, 1.807) is 16.7 Å². The molecule has 0 amide bonds. The van der Waals surface area contributed by atoms with Gasteiger partial charge in [0, 0.05) is 25.0 Å². The highest BCUT2D eigenvalue weighted by atomic mass is 15.2. The van der Waals surface area contributed by atoms with Crippen LogP contribution in [-0.4, -0.2) is 11.4 Å². The van der Waals surface area contributed by atoms with Crippen LogP contribution in [0, 0.1) is 0 Å². The average Bonchev–Trinajstić information content (AvgIpc) is 2.47. The van der Waals surface area contributed by atoms with Crippen LogP contribution in [-0.2, 0) is 13.0 Å². The van der Waals surface area contributed by atoms with Crippen LogP contribution in [0.1, 0.15) is 41.1 Å². The van der Waals surface area contributed by atoms with Crippen LogP contribution in [0.3, 0.4) is 0 Å². The quantitative estimate of drug-likeness (QED) is 0.684. The van der Waals surface area contributed by atoms with Crippen molar-refractivity contribution < 1.29 is 0 Å². The van der Waals surface area contributed by atoms with Gasteiger partial charge in [0.15, 0.2) is 0 Å². The molecule has 2 aliphatic heterocycles. The lowest BCUT2D eigenvalue weighted by Gasteiger charge is -2.45. The highest BCUT2D eigenvalue weighted by Gasteiger charge is 2.36. The molecule has 0 aliphatic carbocycles. The van der Waals surface area contributed by atoms with E-state index in [0.717, 1.165) is 6.54 Å². The van der Waals surface area contributed by atoms with E-state index in [0.29, 0.717) is 12.0 Å². The third-order valence-corrected chi connectivity index (χ3v) is 4.83. The van der Waals surface area contributed by atoms with E-state index in [1.807, 2.05) is 0 Å². The molecule has 0 aromatic heterocycles. The minimum Gasteiger partial charge on any atom is -0.291 e. The summed E-state index contributed by atoms with van der Waals surface area (Å²) in [6, 6.07) is 18.5. The van der Waals surface area contributed by atoms with Crippen LogP contribution in [0.5, 0.6) is 0 Å². The van der Waals surface area contributed by atoms with Crippen LogP contribution in [0.4, 0.5) is 0 Å². The lowest BCUT2D eigenvalue weighted by molar-refractivity contribution is 0.139. The van der Waals surface area contributed by atoms with Crippen molar-refractivity contribution in [1.29, 1.82) is 0 Å². The second-order valence-corrected chi connectivity index (χ2v) is 5.85. The molecule has 0 fully saturated rings. The predicted octanol–water partition coefficient (Wildman–Crippen LogP) is 3.90. The van der Waals surface area contributed by atoms with Crippen LogP contribution < -0.4 is 0 Å². The number of hydrogen-bond acceptors (Lipinski definition) is 1. The van der Waals surface area contributed by atoms with Gasteiger partial charge in [-0.25, -0.2) is 0 Å². The van der Waals surface area contributed by atoms with Gasteiger partial charge in [0.2, 0.25) is 0 Å². The SMILES string of the molecule is C[C@H]1c2ccccc2CN2CCc3ccccc3[C@@H]12. The van der Waals surface area contributed by atoms with Crippen LogP contribution in [0.2, 0.25) is 0 Å². The number of hydrogen-bond donors (Lipinski definition) is 0. The highest BCUT2D eigenvalue weighted by Crippen LogP contribution is 2.45. The van der Waals surface area contributed by atoms with Gasteiger partial charge in [-0.1, -0.05) is 55.5 Å². The summed E-state index contributed by atoms with van der Waals surface area (Å²) in [5.74, 6) is 0.589. The van der Waals surface area contributed by atoms with Crippen molar-refractivity contribution in [3.63, 3.8) is 0 Å². The molecule has 4 rings (SSSR count). The Balaban J connectivity index is 1.85. The van der Waals surface area contributed by atoms with E-state index in [2.05, 4.69) is 60.4 Å². The first-order valence-electron chi connectivity index (χ1n) is 7.24. The van der Waals surface area contributed by atoms with Gasteiger partial charge in [-0.3, -0.25) is 4.90 Å². The van der Waals surface area contributed by atoms with E-state index in [-0.39, 0.29) is 0 Å². The van der Waals surface area contributed by atoms with Gasteiger partial charge in [-0.15, -0.1) is 0 Å². The van der Waals surface area contributed by atoms with Gasteiger partial charge in [0.25, 0.3) is 0 Å². The molecule has 1 heteroatoms. The van der Waals surface area contributed by atoms with E-state index in [4.69, 9.17) is 0 Å². The second-order valence-electron chi connectivity index (χ2n) is 5.85. The summed E-state index contributed by atoms with van der Waals surface area (Å²) < 4.78 is 0. The first kappa shape index (κ1) is 11.2. The molecule has 19 heavy (non-hydrogen) atoms. The summed E-state index contributed by atoms with van der Waals surface area (Å²) in [7, 11) is 0. The largest absolute Gasteiger partial charge is 0.291 e. The summed E-state index contributed by atoms with van der Waals surface area (Å²) >= 11 is 0. The monoisotopic (exact) mass is 249 g/mol. The standard InChI is InChI=1S/C18H19N/c1-13-16-8-4-3-7-15(16)12-19-11-10-14-6-2-5-9-17(14)18(13)19/h2-9,13,18H,10-12H2,1H3/t13-,18+/m0/s1. The molecule has 0 N–H and O–H groups in total. The first-order valence-corrected chi connectivity index (χ1v) is 7.24. The third-order valence-electron chi connectivity index (χ3n) is 4.83. The molecule has 0 spiro atoms. The number of fused-ring (bicyclic) bond motifs is 4. The molecule has 96 valence electrons. The lowest BCUT2D eigenvalue weighted by Crippen LogP contribution is -2.40. The van der Waals surface area contributed by atoms with Gasteiger partial charge >= 0.3 is 0 Å². The summed E-state index contributed by atoms with van der Waals surface area (Å²) in [5.41, 5.74) is 6.16. The summed E-state index contributed by atoms with van der Waals surface area (Å²) in [5, 5.41) is 0.